The van der Waals surface area contributed by atoms with Crippen LogP contribution in [0, 0.1) is 0 Å². The van der Waals surface area contributed by atoms with Crippen molar-refractivity contribution in [1.29, 1.82) is 0 Å². The topological polar surface area (TPSA) is 104 Å². The van der Waals surface area contributed by atoms with Crippen LogP contribution in [0.4, 0.5) is 0 Å². The Bertz CT molecular complexity index is 1040. The molecule has 0 aliphatic carbocycles. The number of rotatable bonds is 6. The molecule has 0 fully saturated rings. The van der Waals surface area contributed by atoms with E-state index < -0.39 is 17.9 Å². The van der Waals surface area contributed by atoms with Crippen LogP contribution < -0.4 is 5.32 Å². The number of aromatic hydroxyl groups is 1. The maximum Gasteiger partial charge on any atom is 0.305 e. The van der Waals surface area contributed by atoms with Gasteiger partial charge in [-0.2, -0.15) is 9.78 Å². The molecule has 0 saturated carbocycles. The minimum atomic E-state index is -1.09. The molecule has 2 aromatic carbocycles. The highest BCUT2D eigenvalue weighted by atomic mass is 35.5. The number of carboxylic acid groups (broad SMARTS) is 1. The number of aliphatic carboxylic acids is 1. The van der Waals surface area contributed by atoms with Gasteiger partial charge in [0.05, 0.1) is 23.2 Å². The number of nitrogens with zero attached hydrogens (tertiary/aromatic N) is 2. The Kier molecular flexibility index (Phi) is 5.87. The van der Waals surface area contributed by atoms with Crippen LogP contribution in [-0.2, 0) is 4.79 Å². The Morgan fingerprint density at radius 2 is 1.86 bits per heavy atom. The second-order valence-corrected chi connectivity index (χ2v) is 6.77. The lowest BCUT2D eigenvalue weighted by Crippen LogP contribution is -2.30. The van der Waals surface area contributed by atoms with Gasteiger partial charge < -0.3 is 15.5 Å². The minimum Gasteiger partial charge on any atom is -0.493 e. The molecule has 0 saturated heterocycles. The largest absolute Gasteiger partial charge is 0.493 e. The second-order valence-electron chi connectivity index (χ2n) is 5.93. The van der Waals surface area contributed by atoms with E-state index in [1.54, 1.807) is 48.5 Å². The molecule has 7 nitrogen and oxygen atoms in total. The van der Waals surface area contributed by atoms with E-state index in [2.05, 4.69) is 10.4 Å². The number of hydrogen-bond donors (Lipinski definition) is 3. The van der Waals surface area contributed by atoms with E-state index >= 15 is 0 Å². The molecule has 1 aromatic heterocycles. The average molecular weight is 420 g/mol. The predicted octanol–water partition coefficient (Wildman–Crippen LogP) is 3.83. The van der Waals surface area contributed by atoms with Gasteiger partial charge in [-0.05, 0) is 29.8 Å². The molecular formula is C19H15Cl2N3O4. The van der Waals surface area contributed by atoms with E-state index in [1.165, 1.54) is 6.07 Å². The number of amides is 1. The Labute approximate surface area is 170 Å². The molecule has 0 spiro atoms. The van der Waals surface area contributed by atoms with E-state index in [-0.39, 0.29) is 18.0 Å². The van der Waals surface area contributed by atoms with Gasteiger partial charge in [0.25, 0.3) is 5.91 Å². The minimum absolute atomic E-state index is 0.0881. The first kappa shape index (κ1) is 19.7. The summed E-state index contributed by atoms with van der Waals surface area (Å²) in [6, 6.07) is 13.6. The van der Waals surface area contributed by atoms with Crippen LogP contribution >= 0.6 is 23.2 Å². The van der Waals surface area contributed by atoms with Gasteiger partial charge in [-0.3, -0.25) is 9.59 Å². The number of hydrogen-bond acceptors (Lipinski definition) is 4. The van der Waals surface area contributed by atoms with Gasteiger partial charge >= 0.3 is 5.97 Å². The van der Waals surface area contributed by atoms with Gasteiger partial charge in [0.15, 0.2) is 5.69 Å². The predicted molar refractivity (Wildman–Crippen MR) is 104 cm³/mol. The first-order valence-corrected chi connectivity index (χ1v) is 8.93. The van der Waals surface area contributed by atoms with Crippen LogP contribution in [0.5, 0.6) is 5.88 Å². The van der Waals surface area contributed by atoms with Crippen molar-refractivity contribution < 1.29 is 19.8 Å². The van der Waals surface area contributed by atoms with Crippen LogP contribution in [-0.4, -0.2) is 31.9 Å². The quantitative estimate of drug-likeness (QED) is 0.562. The van der Waals surface area contributed by atoms with Crippen LogP contribution in [0.25, 0.3) is 5.69 Å². The van der Waals surface area contributed by atoms with Crippen LogP contribution in [0.3, 0.4) is 0 Å². The third-order valence-corrected chi connectivity index (χ3v) is 4.49. The van der Waals surface area contributed by atoms with Crippen molar-refractivity contribution in [3.05, 3.63) is 75.9 Å². The molecule has 0 unspecified atom stereocenters. The summed E-state index contributed by atoms with van der Waals surface area (Å²) in [6.07, 6.45) is -0.344. The van der Waals surface area contributed by atoms with Gasteiger partial charge in [0, 0.05) is 11.1 Å². The van der Waals surface area contributed by atoms with Gasteiger partial charge in [0.2, 0.25) is 5.88 Å². The normalized spacial score (nSPS) is 11.8. The summed E-state index contributed by atoms with van der Waals surface area (Å²) >= 11 is 12.1. The third kappa shape index (κ3) is 4.44. The maximum atomic E-state index is 12.6. The first-order chi connectivity index (χ1) is 13.3. The summed E-state index contributed by atoms with van der Waals surface area (Å²) in [6.45, 7) is 0. The average Bonchev–Trinajstić information content (AvgIpc) is 3.03. The van der Waals surface area contributed by atoms with Gasteiger partial charge in [-0.1, -0.05) is 47.5 Å². The number of benzene rings is 2. The van der Waals surface area contributed by atoms with E-state index in [9.17, 15) is 14.7 Å². The molecule has 3 aromatic rings. The van der Waals surface area contributed by atoms with E-state index in [0.29, 0.717) is 21.3 Å². The number of carboxylic acids is 1. The zero-order chi connectivity index (χ0) is 20.3. The fraction of sp³-hybridized carbons (Fsp3) is 0.105. The van der Waals surface area contributed by atoms with Gasteiger partial charge in [0.1, 0.15) is 0 Å². The molecular weight excluding hydrogens is 405 g/mol. The Morgan fingerprint density at radius 1 is 1.11 bits per heavy atom. The smallest absolute Gasteiger partial charge is 0.305 e. The van der Waals surface area contributed by atoms with Crippen LogP contribution in [0.15, 0.2) is 54.6 Å². The zero-order valence-electron chi connectivity index (χ0n) is 14.3. The molecule has 1 atom stereocenters. The molecule has 0 radical (unpaired) electrons. The molecule has 28 heavy (non-hydrogen) atoms. The summed E-state index contributed by atoms with van der Waals surface area (Å²) < 4.78 is 1.13. The van der Waals surface area contributed by atoms with Crippen molar-refractivity contribution in [2.45, 2.75) is 12.5 Å². The lowest BCUT2D eigenvalue weighted by atomic mass is 10.0. The Balaban J connectivity index is 1.87. The van der Waals surface area contributed by atoms with Crippen LogP contribution in [0.2, 0.25) is 10.0 Å². The van der Waals surface area contributed by atoms with Crippen LogP contribution in [0.1, 0.15) is 28.5 Å². The van der Waals surface area contributed by atoms with Crippen molar-refractivity contribution in [2.24, 2.45) is 0 Å². The molecule has 0 aliphatic rings. The molecule has 9 heteroatoms. The summed E-state index contributed by atoms with van der Waals surface area (Å²) in [5.74, 6) is -2.02. The summed E-state index contributed by atoms with van der Waals surface area (Å²) in [5, 5.41) is 26.8. The van der Waals surface area contributed by atoms with Gasteiger partial charge in [-0.25, -0.2) is 0 Å². The molecule has 3 N–H and O–H groups in total. The lowest BCUT2D eigenvalue weighted by Gasteiger charge is -2.17. The summed E-state index contributed by atoms with van der Waals surface area (Å²) in [5.41, 5.74) is 0.852. The molecule has 1 amide bonds. The fourth-order valence-electron chi connectivity index (χ4n) is 2.67. The van der Waals surface area contributed by atoms with E-state index in [1.807, 2.05) is 0 Å². The number of para-hydroxylation sites is 1. The third-order valence-electron chi connectivity index (χ3n) is 3.94. The standard InChI is InChI=1S/C19H15Cl2N3O4/c20-12-5-3-4-11(8-12)14(10-18(26)27)22-19(28)15-9-17(25)24(23-15)16-7-2-1-6-13(16)21/h1-9,14,25H,10H2,(H,22,28)(H,26,27)/t14-/m0/s1. The van der Waals surface area contributed by atoms with E-state index in [0.717, 1.165) is 4.68 Å². The number of halogens is 2. The monoisotopic (exact) mass is 419 g/mol. The highest BCUT2D eigenvalue weighted by Crippen LogP contribution is 2.25. The van der Waals surface area contributed by atoms with Crippen molar-refractivity contribution in [2.75, 3.05) is 0 Å². The first-order valence-electron chi connectivity index (χ1n) is 8.17. The van der Waals surface area contributed by atoms with Gasteiger partial charge in [-0.15, -0.1) is 0 Å². The summed E-state index contributed by atoms with van der Waals surface area (Å²) in [7, 11) is 0. The summed E-state index contributed by atoms with van der Waals surface area (Å²) in [4.78, 5) is 23.8. The lowest BCUT2D eigenvalue weighted by molar-refractivity contribution is -0.137. The number of carbonyl (C=O) groups excluding carboxylic acids is 1. The number of carbonyl (C=O) groups is 2. The Hall–Kier alpha value is -3.03. The van der Waals surface area contributed by atoms with Crippen molar-refractivity contribution in [3.8, 4) is 11.6 Å². The highest BCUT2D eigenvalue weighted by molar-refractivity contribution is 6.32. The molecule has 1 heterocycles. The number of nitrogens with one attached hydrogen (secondary N) is 1. The van der Waals surface area contributed by atoms with E-state index in [4.69, 9.17) is 28.3 Å². The maximum absolute atomic E-state index is 12.6. The second kappa shape index (κ2) is 8.33. The van der Waals surface area contributed by atoms with Crippen molar-refractivity contribution >= 4 is 35.1 Å². The molecule has 0 bridgehead atoms. The molecule has 0 aliphatic heterocycles. The molecule has 144 valence electrons. The Morgan fingerprint density at radius 3 is 2.54 bits per heavy atom. The zero-order valence-corrected chi connectivity index (χ0v) is 15.9. The van der Waals surface area contributed by atoms with Crippen molar-refractivity contribution in [1.82, 2.24) is 15.1 Å². The SMILES string of the molecule is O=C(O)C[C@H](NC(=O)c1cc(O)n(-c2ccccc2Cl)n1)c1cccc(Cl)c1. The fourth-order valence-corrected chi connectivity index (χ4v) is 3.08. The highest BCUT2D eigenvalue weighted by Gasteiger charge is 2.22. The molecule has 3 rings (SSSR count). The number of aromatic nitrogens is 2. The van der Waals surface area contributed by atoms with Crippen molar-refractivity contribution in [3.63, 3.8) is 0 Å².